The number of pyridine rings is 1. The van der Waals surface area contributed by atoms with Gasteiger partial charge in [0.2, 0.25) is 0 Å². The van der Waals surface area contributed by atoms with E-state index in [0.29, 0.717) is 4.64 Å². The molecule has 1 unspecified atom stereocenters. The summed E-state index contributed by atoms with van der Waals surface area (Å²) in [7, 11) is 0. The Labute approximate surface area is 69.9 Å². The second-order valence-corrected chi connectivity index (χ2v) is 2.65. The Kier molecular flexibility index (Phi) is 2.76. The smallest absolute Gasteiger partial charge is 0.108 e. The Balaban J connectivity index is 3.03. The molecule has 1 heterocycles. The molecule has 1 aromatic rings. The third kappa shape index (κ3) is 1.86. The van der Waals surface area contributed by atoms with Crippen molar-refractivity contribution in [1.82, 2.24) is 4.98 Å². The van der Waals surface area contributed by atoms with Crippen LogP contribution >= 0.6 is 12.2 Å². The third-order valence-electron chi connectivity index (χ3n) is 1.44. The molecule has 4 heteroatoms. The number of aromatic amines is 1. The molecule has 0 bridgehead atoms. The third-order valence-corrected chi connectivity index (χ3v) is 1.80. The Bertz CT molecular complexity index is 284. The van der Waals surface area contributed by atoms with Gasteiger partial charge < -0.3 is 15.8 Å². The summed E-state index contributed by atoms with van der Waals surface area (Å²) in [6.45, 7) is -0.0819. The lowest BCUT2D eigenvalue weighted by Crippen LogP contribution is -2.15. The van der Waals surface area contributed by atoms with Gasteiger partial charge >= 0.3 is 0 Å². The molecule has 3 nitrogen and oxygen atoms in total. The zero-order chi connectivity index (χ0) is 8.27. The molecule has 0 aliphatic heterocycles. The minimum atomic E-state index is -0.375. The van der Waals surface area contributed by atoms with E-state index in [1.807, 2.05) is 0 Å². The fraction of sp³-hybridized carbons (Fsp3) is 0.286. The molecule has 0 amide bonds. The molecule has 0 aliphatic carbocycles. The fourth-order valence-corrected chi connectivity index (χ4v) is 1.11. The van der Waals surface area contributed by atoms with Gasteiger partial charge in [-0.1, -0.05) is 18.3 Å². The summed E-state index contributed by atoms with van der Waals surface area (Å²) < 4.78 is 0.592. The van der Waals surface area contributed by atoms with Gasteiger partial charge in [0.25, 0.3) is 0 Å². The van der Waals surface area contributed by atoms with Crippen LogP contribution < -0.4 is 5.73 Å². The molecule has 0 fully saturated rings. The Hall–Kier alpha value is -0.710. The number of H-pyrrole nitrogens is 1. The molecule has 1 rings (SSSR count). The minimum Gasteiger partial charge on any atom is -0.394 e. The van der Waals surface area contributed by atoms with Crippen molar-refractivity contribution in [3.63, 3.8) is 0 Å². The van der Waals surface area contributed by atoms with Crippen molar-refractivity contribution < 1.29 is 5.11 Å². The average Bonchev–Trinajstić information content (AvgIpc) is 2.04. The van der Waals surface area contributed by atoms with Crippen LogP contribution in [0.15, 0.2) is 18.3 Å². The van der Waals surface area contributed by atoms with Crippen LogP contribution in [0.1, 0.15) is 11.6 Å². The number of aromatic nitrogens is 1. The van der Waals surface area contributed by atoms with Crippen molar-refractivity contribution in [2.45, 2.75) is 6.04 Å². The maximum absolute atomic E-state index is 8.73. The first-order valence-corrected chi connectivity index (χ1v) is 3.70. The number of aliphatic hydroxyl groups is 1. The lowest BCUT2D eigenvalue weighted by atomic mass is 10.1. The van der Waals surface area contributed by atoms with Gasteiger partial charge in [0.1, 0.15) is 4.64 Å². The zero-order valence-electron chi connectivity index (χ0n) is 5.95. The minimum absolute atomic E-state index is 0.0819. The van der Waals surface area contributed by atoms with Crippen LogP contribution in [0.3, 0.4) is 0 Å². The van der Waals surface area contributed by atoms with Crippen LogP contribution in [0, 0.1) is 4.64 Å². The van der Waals surface area contributed by atoms with E-state index >= 15 is 0 Å². The Morgan fingerprint density at radius 2 is 2.45 bits per heavy atom. The summed E-state index contributed by atoms with van der Waals surface area (Å²) in [5.41, 5.74) is 6.34. The van der Waals surface area contributed by atoms with E-state index in [4.69, 9.17) is 23.1 Å². The number of aliphatic hydroxyl groups excluding tert-OH is 1. The first-order chi connectivity index (χ1) is 5.25. The van der Waals surface area contributed by atoms with E-state index in [0.717, 1.165) is 5.56 Å². The van der Waals surface area contributed by atoms with Crippen molar-refractivity contribution in [3.8, 4) is 0 Å². The molecule has 0 spiro atoms. The van der Waals surface area contributed by atoms with E-state index in [1.54, 1.807) is 18.3 Å². The van der Waals surface area contributed by atoms with E-state index < -0.39 is 0 Å². The van der Waals surface area contributed by atoms with Crippen LogP contribution in [-0.2, 0) is 0 Å². The highest BCUT2D eigenvalue weighted by molar-refractivity contribution is 7.71. The molecule has 1 atom stereocenters. The zero-order valence-corrected chi connectivity index (χ0v) is 6.77. The maximum atomic E-state index is 8.73. The highest BCUT2D eigenvalue weighted by atomic mass is 32.1. The molecule has 0 saturated heterocycles. The van der Waals surface area contributed by atoms with E-state index in [2.05, 4.69) is 4.98 Å². The van der Waals surface area contributed by atoms with Gasteiger partial charge in [-0.2, -0.15) is 0 Å². The summed E-state index contributed by atoms with van der Waals surface area (Å²) in [5.74, 6) is 0. The first kappa shape index (κ1) is 8.39. The van der Waals surface area contributed by atoms with Crippen LogP contribution in [0.5, 0.6) is 0 Å². The average molecular weight is 170 g/mol. The molecule has 0 saturated carbocycles. The second kappa shape index (κ2) is 3.61. The van der Waals surface area contributed by atoms with Crippen molar-refractivity contribution in [2.24, 2.45) is 5.73 Å². The predicted octanol–water partition coefficient (Wildman–Crippen LogP) is 0.736. The number of nitrogens with one attached hydrogen (secondary N) is 1. The molecule has 1 aromatic heterocycles. The van der Waals surface area contributed by atoms with Gasteiger partial charge in [-0.3, -0.25) is 0 Å². The van der Waals surface area contributed by atoms with Crippen LogP contribution in [0.25, 0.3) is 0 Å². The molecule has 60 valence electrons. The molecule has 11 heavy (non-hydrogen) atoms. The predicted molar refractivity (Wildman–Crippen MR) is 45.6 cm³/mol. The van der Waals surface area contributed by atoms with Crippen LogP contribution in [0.4, 0.5) is 0 Å². The van der Waals surface area contributed by atoms with Gasteiger partial charge in [-0.05, 0) is 6.07 Å². The molecule has 0 aliphatic rings. The summed E-state index contributed by atoms with van der Waals surface area (Å²) in [4.78, 5) is 2.84. The number of hydrogen-bond acceptors (Lipinski definition) is 3. The summed E-state index contributed by atoms with van der Waals surface area (Å²) >= 11 is 4.95. The van der Waals surface area contributed by atoms with Gasteiger partial charge in [-0.25, -0.2) is 0 Å². The standard InChI is InChI=1S/C7H10N2OS/c8-6(4-10)5-2-1-3-9-7(5)11/h1-3,6,10H,4,8H2,(H,9,11). The maximum Gasteiger partial charge on any atom is 0.108 e. The van der Waals surface area contributed by atoms with Gasteiger partial charge in [-0.15, -0.1) is 0 Å². The van der Waals surface area contributed by atoms with Crippen molar-refractivity contribution in [1.29, 1.82) is 0 Å². The number of rotatable bonds is 2. The second-order valence-electron chi connectivity index (χ2n) is 2.24. The molecule has 0 radical (unpaired) electrons. The Morgan fingerprint density at radius 1 is 1.73 bits per heavy atom. The summed E-state index contributed by atoms with van der Waals surface area (Å²) in [6.07, 6.45) is 1.73. The van der Waals surface area contributed by atoms with Gasteiger partial charge in [0.15, 0.2) is 0 Å². The monoisotopic (exact) mass is 170 g/mol. The largest absolute Gasteiger partial charge is 0.394 e. The van der Waals surface area contributed by atoms with Gasteiger partial charge in [0.05, 0.1) is 12.6 Å². The molecular formula is C7H10N2OS. The fourth-order valence-electron chi connectivity index (χ4n) is 0.825. The lowest BCUT2D eigenvalue weighted by molar-refractivity contribution is 0.267. The summed E-state index contributed by atoms with van der Waals surface area (Å²) in [5, 5.41) is 8.73. The van der Waals surface area contributed by atoms with E-state index in [1.165, 1.54) is 0 Å². The van der Waals surface area contributed by atoms with Crippen LogP contribution in [-0.4, -0.2) is 16.7 Å². The normalized spacial score (nSPS) is 12.9. The topological polar surface area (TPSA) is 62.0 Å². The number of nitrogens with two attached hydrogens (primary N) is 1. The highest BCUT2D eigenvalue weighted by Gasteiger charge is 2.04. The molecular weight excluding hydrogens is 160 g/mol. The Morgan fingerprint density at radius 3 is 3.00 bits per heavy atom. The van der Waals surface area contributed by atoms with Crippen molar-refractivity contribution >= 4 is 12.2 Å². The first-order valence-electron chi connectivity index (χ1n) is 3.29. The SMILES string of the molecule is NC(CO)c1ccc[nH]c1=S. The van der Waals surface area contributed by atoms with Crippen molar-refractivity contribution in [2.75, 3.05) is 6.61 Å². The molecule has 0 aromatic carbocycles. The van der Waals surface area contributed by atoms with Gasteiger partial charge in [0, 0.05) is 11.8 Å². The lowest BCUT2D eigenvalue weighted by Gasteiger charge is -2.06. The highest BCUT2D eigenvalue weighted by Crippen LogP contribution is 2.08. The van der Waals surface area contributed by atoms with Crippen molar-refractivity contribution in [3.05, 3.63) is 28.5 Å². The number of hydrogen-bond donors (Lipinski definition) is 3. The molecule has 4 N–H and O–H groups in total. The quantitative estimate of drug-likeness (QED) is 0.573. The van der Waals surface area contributed by atoms with E-state index in [-0.39, 0.29) is 12.6 Å². The van der Waals surface area contributed by atoms with E-state index in [9.17, 15) is 0 Å². The summed E-state index contributed by atoms with van der Waals surface area (Å²) in [6, 6.07) is 3.24. The van der Waals surface area contributed by atoms with Crippen LogP contribution in [0.2, 0.25) is 0 Å².